The summed E-state index contributed by atoms with van der Waals surface area (Å²) >= 11 is 0. The number of esters is 1. The standard InChI is InChI=1S/C20H21N3O4/c1-26-20(25)17-12-27-19(22-17)11-23-9-14(18(24)10-23)8-15-7-6-13-4-2-3-5-16(13)21-15/h2-7,12,14,18,24H,8-11H2,1H3/t14-,18-/m1/s1. The molecule has 4 rings (SSSR count). The first-order chi connectivity index (χ1) is 13.1. The zero-order chi connectivity index (χ0) is 18.8. The third-order valence-corrected chi connectivity index (χ3v) is 4.91. The summed E-state index contributed by atoms with van der Waals surface area (Å²) in [4.78, 5) is 22.4. The fourth-order valence-electron chi connectivity index (χ4n) is 3.53. The molecule has 0 bridgehead atoms. The van der Waals surface area contributed by atoms with Crippen LogP contribution in [0.2, 0.25) is 0 Å². The van der Waals surface area contributed by atoms with Gasteiger partial charge in [0, 0.05) is 30.1 Å². The summed E-state index contributed by atoms with van der Waals surface area (Å²) in [5.41, 5.74) is 2.10. The van der Waals surface area contributed by atoms with Gasteiger partial charge in [0.1, 0.15) is 6.26 Å². The Hall–Kier alpha value is -2.77. The van der Waals surface area contributed by atoms with Gasteiger partial charge < -0.3 is 14.3 Å². The third kappa shape index (κ3) is 3.84. The van der Waals surface area contributed by atoms with Gasteiger partial charge in [-0.3, -0.25) is 9.88 Å². The molecule has 1 saturated heterocycles. The van der Waals surface area contributed by atoms with Crippen molar-refractivity contribution in [3.63, 3.8) is 0 Å². The average molecular weight is 367 g/mol. The summed E-state index contributed by atoms with van der Waals surface area (Å²) in [5, 5.41) is 11.6. The number of hydrogen-bond acceptors (Lipinski definition) is 7. The molecule has 7 nitrogen and oxygen atoms in total. The Labute approximate surface area is 156 Å². The van der Waals surface area contributed by atoms with E-state index in [1.165, 1.54) is 13.4 Å². The van der Waals surface area contributed by atoms with Crippen LogP contribution in [0.3, 0.4) is 0 Å². The molecular weight excluding hydrogens is 346 g/mol. The molecule has 0 saturated carbocycles. The first-order valence-corrected chi connectivity index (χ1v) is 8.90. The first kappa shape index (κ1) is 17.6. The zero-order valence-electron chi connectivity index (χ0n) is 15.0. The van der Waals surface area contributed by atoms with Crippen LogP contribution in [-0.4, -0.2) is 52.2 Å². The molecule has 1 N–H and O–H groups in total. The highest BCUT2D eigenvalue weighted by Crippen LogP contribution is 2.23. The van der Waals surface area contributed by atoms with Gasteiger partial charge in [-0.15, -0.1) is 0 Å². The Morgan fingerprint density at radius 3 is 2.96 bits per heavy atom. The third-order valence-electron chi connectivity index (χ3n) is 4.91. The lowest BCUT2D eigenvalue weighted by molar-refractivity contribution is 0.0594. The molecule has 2 aromatic heterocycles. The van der Waals surface area contributed by atoms with Crippen LogP contribution in [0.1, 0.15) is 22.1 Å². The number of β-amino-alcohol motifs (C(OH)–C–C–N with tert-alkyl or cyclic N) is 1. The molecule has 1 aromatic carbocycles. The van der Waals surface area contributed by atoms with Gasteiger partial charge in [-0.2, -0.15) is 0 Å². The summed E-state index contributed by atoms with van der Waals surface area (Å²) in [6.07, 6.45) is 1.57. The van der Waals surface area contributed by atoms with E-state index in [4.69, 9.17) is 9.40 Å². The van der Waals surface area contributed by atoms with E-state index in [1.807, 2.05) is 30.3 Å². The van der Waals surface area contributed by atoms with Crippen molar-refractivity contribution in [2.45, 2.75) is 19.1 Å². The van der Waals surface area contributed by atoms with Crippen molar-refractivity contribution in [1.82, 2.24) is 14.9 Å². The maximum atomic E-state index is 11.5. The van der Waals surface area contributed by atoms with Gasteiger partial charge in [-0.05, 0) is 18.6 Å². The number of benzene rings is 1. The van der Waals surface area contributed by atoms with Gasteiger partial charge in [0.15, 0.2) is 5.69 Å². The number of carbonyl (C=O) groups excluding carboxylic acids is 1. The number of aliphatic hydroxyl groups is 1. The Morgan fingerprint density at radius 1 is 1.26 bits per heavy atom. The lowest BCUT2D eigenvalue weighted by Crippen LogP contribution is -2.21. The van der Waals surface area contributed by atoms with Crippen molar-refractivity contribution in [1.29, 1.82) is 0 Å². The minimum atomic E-state index is -0.522. The van der Waals surface area contributed by atoms with Crippen LogP contribution in [0.4, 0.5) is 0 Å². The predicted molar refractivity (Wildman–Crippen MR) is 98.1 cm³/mol. The second-order valence-electron chi connectivity index (χ2n) is 6.84. The van der Waals surface area contributed by atoms with E-state index in [9.17, 15) is 9.90 Å². The van der Waals surface area contributed by atoms with Crippen molar-refractivity contribution in [2.24, 2.45) is 5.92 Å². The number of ether oxygens (including phenoxy) is 1. The lowest BCUT2D eigenvalue weighted by Gasteiger charge is -2.14. The number of aromatic nitrogens is 2. The maximum Gasteiger partial charge on any atom is 0.360 e. The number of hydrogen-bond donors (Lipinski definition) is 1. The number of fused-ring (bicyclic) bond motifs is 1. The number of oxazole rings is 1. The number of carbonyl (C=O) groups is 1. The average Bonchev–Trinajstić information content (AvgIpc) is 3.28. The number of rotatable bonds is 5. The van der Waals surface area contributed by atoms with Crippen molar-refractivity contribution in [3.05, 3.63) is 59.9 Å². The van der Waals surface area contributed by atoms with Crippen LogP contribution >= 0.6 is 0 Å². The largest absolute Gasteiger partial charge is 0.464 e. The van der Waals surface area contributed by atoms with Crippen molar-refractivity contribution in [2.75, 3.05) is 20.2 Å². The molecule has 1 aliphatic heterocycles. The van der Waals surface area contributed by atoms with E-state index >= 15 is 0 Å². The Bertz CT molecular complexity index is 955. The SMILES string of the molecule is COC(=O)c1coc(CN2C[C@@H](Cc3ccc4ccccc4n3)[C@H](O)C2)n1. The van der Waals surface area contributed by atoms with Crippen LogP contribution < -0.4 is 0 Å². The number of pyridine rings is 1. The van der Waals surface area contributed by atoms with E-state index in [0.29, 0.717) is 31.9 Å². The van der Waals surface area contributed by atoms with E-state index in [2.05, 4.69) is 20.7 Å². The molecular formula is C20H21N3O4. The second-order valence-corrected chi connectivity index (χ2v) is 6.84. The van der Waals surface area contributed by atoms with Gasteiger partial charge in [-0.25, -0.2) is 9.78 Å². The predicted octanol–water partition coefficient (Wildman–Crippen LogP) is 2.04. The van der Waals surface area contributed by atoms with Gasteiger partial charge in [0.25, 0.3) is 0 Å². The van der Waals surface area contributed by atoms with Crippen molar-refractivity contribution >= 4 is 16.9 Å². The normalized spacial score (nSPS) is 20.2. The lowest BCUT2D eigenvalue weighted by atomic mass is 9.99. The Balaban J connectivity index is 1.40. The number of aliphatic hydroxyl groups excluding tert-OH is 1. The van der Waals surface area contributed by atoms with Gasteiger partial charge >= 0.3 is 5.97 Å². The minimum Gasteiger partial charge on any atom is -0.464 e. The van der Waals surface area contributed by atoms with Crippen LogP contribution in [0, 0.1) is 5.92 Å². The Kier molecular flexibility index (Phi) is 4.87. The molecule has 1 aliphatic rings. The van der Waals surface area contributed by atoms with Crippen molar-refractivity contribution < 1.29 is 19.1 Å². The van der Waals surface area contributed by atoms with E-state index < -0.39 is 12.1 Å². The number of methoxy groups -OCH3 is 1. The summed E-state index contributed by atoms with van der Waals surface area (Å²) in [5.74, 6) is 0.00694. The second kappa shape index (κ2) is 7.46. The topological polar surface area (TPSA) is 88.7 Å². The Morgan fingerprint density at radius 2 is 2.11 bits per heavy atom. The summed E-state index contributed by atoms with van der Waals surface area (Å²) < 4.78 is 9.97. The molecule has 140 valence electrons. The van der Waals surface area contributed by atoms with Gasteiger partial charge in [0.2, 0.25) is 5.89 Å². The van der Waals surface area contributed by atoms with Crippen LogP contribution in [0.15, 0.2) is 47.1 Å². The van der Waals surface area contributed by atoms with Gasteiger partial charge in [0.05, 0.1) is 25.3 Å². The molecule has 7 heteroatoms. The fourth-order valence-corrected chi connectivity index (χ4v) is 3.53. The fraction of sp³-hybridized carbons (Fsp3) is 0.350. The molecule has 27 heavy (non-hydrogen) atoms. The van der Waals surface area contributed by atoms with Gasteiger partial charge in [-0.1, -0.05) is 24.3 Å². The molecule has 3 aromatic rings. The summed E-state index contributed by atoms with van der Waals surface area (Å²) in [6.45, 7) is 1.69. The van der Waals surface area contributed by atoms with E-state index in [-0.39, 0.29) is 11.6 Å². The molecule has 0 aliphatic carbocycles. The molecule has 0 radical (unpaired) electrons. The quantitative estimate of drug-likeness (QED) is 0.690. The number of para-hydroxylation sites is 1. The first-order valence-electron chi connectivity index (χ1n) is 8.90. The minimum absolute atomic E-state index is 0.0914. The molecule has 0 unspecified atom stereocenters. The number of nitrogens with zero attached hydrogens (tertiary/aromatic N) is 3. The maximum absolute atomic E-state index is 11.5. The van der Waals surface area contributed by atoms with E-state index in [0.717, 1.165) is 16.6 Å². The monoisotopic (exact) mass is 367 g/mol. The highest BCUT2D eigenvalue weighted by molar-refractivity contribution is 5.86. The molecule has 3 heterocycles. The molecule has 0 spiro atoms. The van der Waals surface area contributed by atoms with E-state index in [1.54, 1.807) is 0 Å². The highest BCUT2D eigenvalue weighted by Gasteiger charge is 2.32. The molecule has 0 amide bonds. The molecule has 2 atom stereocenters. The molecule has 1 fully saturated rings. The summed E-state index contributed by atoms with van der Waals surface area (Å²) in [6, 6.07) is 12.1. The zero-order valence-corrected chi connectivity index (χ0v) is 15.0. The van der Waals surface area contributed by atoms with Crippen LogP contribution in [-0.2, 0) is 17.7 Å². The summed E-state index contributed by atoms with van der Waals surface area (Å²) in [7, 11) is 1.30. The highest BCUT2D eigenvalue weighted by atomic mass is 16.5. The smallest absolute Gasteiger partial charge is 0.360 e. The van der Waals surface area contributed by atoms with Crippen LogP contribution in [0.5, 0.6) is 0 Å². The number of likely N-dealkylation sites (tertiary alicyclic amines) is 1. The van der Waals surface area contributed by atoms with Crippen LogP contribution in [0.25, 0.3) is 10.9 Å². The van der Waals surface area contributed by atoms with Crippen molar-refractivity contribution in [3.8, 4) is 0 Å².